The van der Waals surface area contributed by atoms with E-state index in [4.69, 9.17) is 9.72 Å². The van der Waals surface area contributed by atoms with Gasteiger partial charge in [-0.1, -0.05) is 0 Å². The molecule has 0 bridgehead atoms. The third kappa shape index (κ3) is 2.40. The highest BCUT2D eigenvalue weighted by molar-refractivity contribution is 5.22. The van der Waals surface area contributed by atoms with E-state index in [9.17, 15) is 0 Å². The molecule has 0 aromatic carbocycles. The maximum atomic E-state index is 5.42. The fourth-order valence-electron chi connectivity index (χ4n) is 3.00. The van der Waals surface area contributed by atoms with Crippen molar-refractivity contribution < 1.29 is 4.74 Å². The first kappa shape index (κ1) is 12.1. The molecule has 4 heteroatoms. The average Bonchev–Trinajstić information content (AvgIpc) is 2.92. The van der Waals surface area contributed by atoms with Crippen LogP contribution in [0.25, 0.3) is 0 Å². The van der Waals surface area contributed by atoms with Crippen LogP contribution >= 0.6 is 0 Å². The lowest BCUT2D eigenvalue weighted by atomic mass is 9.87. The lowest BCUT2D eigenvalue weighted by Crippen LogP contribution is -2.26. The standard InChI is InChI=1S/C14H21N3O/c1-15-7-10-2-3-13-12(6-10)8-16-14(17-13)11-4-5-18-9-11/h8,10-11,15H,2-7,9H2,1H3. The van der Waals surface area contributed by atoms with Crippen LogP contribution in [0.1, 0.15) is 35.8 Å². The Morgan fingerprint density at radius 2 is 2.39 bits per heavy atom. The average molecular weight is 247 g/mol. The third-order valence-corrected chi connectivity index (χ3v) is 4.06. The molecule has 1 aliphatic carbocycles. The Hall–Kier alpha value is -1.00. The Bertz CT molecular complexity index is 416. The number of nitrogens with zero attached hydrogens (tertiary/aromatic N) is 2. The summed E-state index contributed by atoms with van der Waals surface area (Å²) in [5, 5.41) is 3.27. The number of aryl methyl sites for hydroxylation is 1. The summed E-state index contributed by atoms with van der Waals surface area (Å²) in [6.07, 6.45) is 6.59. The number of nitrogens with one attached hydrogen (secondary N) is 1. The van der Waals surface area contributed by atoms with Crippen molar-refractivity contribution in [2.24, 2.45) is 5.92 Å². The van der Waals surface area contributed by atoms with Gasteiger partial charge in [-0.3, -0.25) is 0 Å². The molecule has 0 radical (unpaired) electrons. The molecule has 2 unspecified atom stereocenters. The van der Waals surface area contributed by atoms with Gasteiger partial charge in [0, 0.05) is 24.4 Å². The molecule has 0 amide bonds. The van der Waals surface area contributed by atoms with E-state index in [0.29, 0.717) is 5.92 Å². The SMILES string of the molecule is CNCC1CCc2nc(C3CCOC3)ncc2C1. The van der Waals surface area contributed by atoms with Crippen molar-refractivity contribution in [2.75, 3.05) is 26.8 Å². The summed E-state index contributed by atoms with van der Waals surface area (Å²) in [4.78, 5) is 9.34. The Labute approximate surface area is 108 Å². The molecule has 1 fully saturated rings. The molecule has 3 rings (SSSR count). The van der Waals surface area contributed by atoms with Crippen molar-refractivity contribution in [2.45, 2.75) is 31.6 Å². The summed E-state index contributed by atoms with van der Waals surface area (Å²) in [6.45, 7) is 2.74. The highest BCUT2D eigenvalue weighted by atomic mass is 16.5. The lowest BCUT2D eigenvalue weighted by Gasteiger charge is -2.24. The van der Waals surface area contributed by atoms with Crippen molar-refractivity contribution in [1.82, 2.24) is 15.3 Å². The van der Waals surface area contributed by atoms with Gasteiger partial charge < -0.3 is 10.1 Å². The summed E-state index contributed by atoms with van der Waals surface area (Å²) in [5.41, 5.74) is 2.63. The molecule has 1 aromatic heterocycles. The maximum absolute atomic E-state index is 5.42. The Kier molecular flexibility index (Phi) is 3.57. The van der Waals surface area contributed by atoms with Gasteiger partial charge in [-0.05, 0) is 50.8 Å². The number of hydrogen-bond acceptors (Lipinski definition) is 4. The summed E-state index contributed by atoms with van der Waals surface area (Å²) in [7, 11) is 2.02. The minimum Gasteiger partial charge on any atom is -0.381 e. The summed E-state index contributed by atoms with van der Waals surface area (Å²) >= 11 is 0. The molecule has 4 nitrogen and oxygen atoms in total. The third-order valence-electron chi connectivity index (χ3n) is 4.06. The number of ether oxygens (including phenoxy) is 1. The molecular formula is C14H21N3O. The van der Waals surface area contributed by atoms with Crippen LogP contribution in [0.2, 0.25) is 0 Å². The van der Waals surface area contributed by atoms with Gasteiger partial charge in [-0.2, -0.15) is 0 Å². The molecular weight excluding hydrogens is 226 g/mol. The van der Waals surface area contributed by atoms with Crippen LogP contribution in [0.5, 0.6) is 0 Å². The van der Waals surface area contributed by atoms with Gasteiger partial charge in [0.15, 0.2) is 0 Å². The van der Waals surface area contributed by atoms with E-state index in [-0.39, 0.29) is 0 Å². The molecule has 1 saturated heterocycles. The zero-order valence-corrected chi connectivity index (χ0v) is 11.0. The fraction of sp³-hybridized carbons (Fsp3) is 0.714. The molecule has 98 valence electrons. The zero-order chi connectivity index (χ0) is 12.4. The Morgan fingerprint density at radius 3 is 3.17 bits per heavy atom. The molecule has 18 heavy (non-hydrogen) atoms. The van der Waals surface area contributed by atoms with Gasteiger partial charge in [0.05, 0.1) is 6.61 Å². The molecule has 1 N–H and O–H groups in total. The van der Waals surface area contributed by atoms with Gasteiger partial charge in [-0.25, -0.2) is 9.97 Å². The van der Waals surface area contributed by atoms with Crippen LogP contribution in [0.15, 0.2) is 6.20 Å². The number of aromatic nitrogens is 2. The molecule has 0 spiro atoms. The van der Waals surface area contributed by atoms with Gasteiger partial charge in [-0.15, -0.1) is 0 Å². The van der Waals surface area contributed by atoms with Crippen LogP contribution in [-0.4, -0.2) is 36.8 Å². The highest BCUT2D eigenvalue weighted by Gasteiger charge is 2.24. The maximum Gasteiger partial charge on any atom is 0.134 e. The predicted octanol–water partition coefficient (Wildman–Crippen LogP) is 1.30. The molecule has 1 aliphatic heterocycles. The van der Waals surface area contributed by atoms with E-state index in [1.54, 1.807) is 0 Å². The second-order valence-corrected chi connectivity index (χ2v) is 5.43. The zero-order valence-electron chi connectivity index (χ0n) is 11.0. The largest absolute Gasteiger partial charge is 0.381 e. The first-order valence-corrected chi connectivity index (χ1v) is 6.94. The van der Waals surface area contributed by atoms with Gasteiger partial charge in [0.1, 0.15) is 5.82 Å². The summed E-state index contributed by atoms with van der Waals surface area (Å²) in [6, 6.07) is 0. The van der Waals surface area contributed by atoms with Crippen LogP contribution in [0, 0.1) is 5.92 Å². The number of hydrogen-bond donors (Lipinski definition) is 1. The van der Waals surface area contributed by atoms with Gasteiger partial charge in [0.2, 0.25) is 0 Å². The second-order valence-electron chi connectivity index (χ2n) is 5.43. The number of rotatable bonds is 3. The highest BCUT2D eigenvalue weighted by Crippen LogP contribution is 2.27. The van der Waals surface area contributed by atoms with Gasteiger partial charge >= 0.3 is 0 Å². The van der Waals surface area contributed by atoms with Crippen molar-refractivity contribution in [3.05, 3.63) is 23.3 Å². The van der Waals surface area contributed by atoms with Gasteiger partial charge in [0.25, 0.3) is 0 Å². The first-order chi connectivity index (χ1) is 8.86. The molecule has 1 aromatic rings. The summed E-state index contributed by atoms with van der Waals surface area (Å²) < 4.78 is 5.42. The van der Waals surface area contributed by atoms with Crippen molar-refractivity contribution in [3.8, 4) is 0 Å². The van der Waals surface area contributed by atoms with E-state index in [1.165, 1.54) is 17.7 Å². The first-order valence-electron chi connectivity index (χ1n) is 6.94. The molecule has 2 heterocycles. The van der Waals surface area contributed by atoms with E-state index in [1.807, 2.05) is 7.05 Å². The van der Waals surface area contributed by atoms with Crippen molar-refractivity contribution in [1.29, 1.82) is 0 Å². The van der Waals surface area contributed by atoms with E-state index in [2.05, 4.69) is 16.5 Å². The Balaban J connectivity index is 1.76. The van der Waals surface area contributed by atoms with Crippen LogP contribution < -0.4 is 5.32 Å². The molecule has 2 atom stereocenters. The number of fused-ring (bicyclic) bond motifs is 1. The van der Waals surface area contributed by atoms with Crippen LogP contribution in [0.4, 0.5) is 0 Å². The van der Waals surface area contributed by atoms with Crippen LogP contribution in [-0.2, 0) is 17.6 Å². The Morgan fingerprint density at radius 1 is 1.44 bits per heavy atom. The van der Waals surface area contributed by atoms with E-state index >= 15 is 0 Å². The second kappa shape index (κ2) is 5.33. The minimum atomic E-state index is 0.422. The molecule has 2 aliphatic rings. The van der Waals surface area contributed by atoms with E-state index in [0.717, 1.165) is 50.8 Å². The van der Waals surface area contributed by atoms with E-state index < -0.39 is 0 Å². The monoisotopic (exact) mass is 247 g/mol. The fourth-order valence-corrected chi connectivity index (χ4v) is 3.00. The quantitative estimate of drug-likeness (QED) is 0.874. The lowest BCUT2D eigenvalue weighted by molar-refractivity contribution is 0.193. The predicted molar refractivity (Wildman–Crippen MR) is 69.7 cm³/mol. The van der Waals surface area contributed by atoms with Crippen LogP contribution in [0.3, 0.4) is 0 Å². The topological polar surface area (TPSA) is 47.0 Å². The summed E-state index contributed by atoms with van der Waals surface area (Å²) in [5.74, 6) is 2.16. The smallest absolute Gasteiger partial charge is 0.134 e. The van der Waals surface area contributed by atoms with Crippen molar-refractivity contribution >= 4 is 0 Å². The minimum absolute atomic E-state index is 0.422. The normalized spacial score (nSPS) is 27.2. The molecule has 0 saturated carbocycles. The van der Waals surface area contributed by atoms with Crippen molar-refractivity contribution in [3.63, 3.8) is 0 Å².